The highest BCUT2D eigenvalue weighted by Gasteiger charge is 2.30. The second-order valence-electron chi connectivity index (χ2n) is 7.33. The number of ether oxygens (including phenoxy) is 1. The SMILES string of the molecule is O=C(OCCCCN1CCCC1)C(c1ccccc1)C1C=CCCC1. The number of carbonyl (C=O) groups is 1. The average molecular weight is 341 g/mol. The first-order chi connectivity index (χ1) is 12.3. The van der Waals surface area contributed by atoms with E-state index in [4.69, 9.17) is 4.74 Å². The summed E-state index contributed by atoms with van der Waals surface area (Å²) in [6, 6.07) is 10.1. The highest BCUT2D eigenvalue weighted by Crippen LogP contribution is 2.33. The summed E-state index contributed by atoms with van der Waals surface area (Å²) in [5.74, 6) is 0.0634. The van der Waals surface area contributed by atoms with Crippen molar-refractivity contribution in [2.24, 2.45) is 5.92 Å². The van der Waals surface area contributed by atoms with Gasteiger partial charge >= 0.3 is 5.97 Å². The van der Waals surface area contributed by atoms with Crippen LogP contribution in [0.15, 0.2) is 42.5 Å². The Labute approximate surface area is 152 Å². The number of hydrogen-bond donors (Lipinski definition) is 0. The third kappa shape index (κ3) is 5.43. The van der Waals surface area contributed by atoms with Crippen LogP contribution in [0.3, 0.4) is 0 Å². The van der Waals surface area contributed by atoms with Gasteiger partial charge in [0.15, 0.2) is 0 Å². The van der Waals surface area contributed by atoms with Crippen LogP contribution in [0.4, 0.5) is 0 Å². The van der Waals surface area contributed by atoms with Crippen molar-refractivity contribution in [1.82, 2.24) is 4.90 Å². The molecule has 0 amide bonds. The lowest BCUT2D eigenvalue weighted by Crippen LogP contribution is -2.25. The Morgan fingerprint density at radius 1 is 1.12 bits per heavy atom. The van der Waals surface area contributed by atoms with Gasteiger partial charge in [0.2, 0.25) is 0 Å². The number of rotatable bonds is 8. The Balaban J connectivity index is 1.50. The molecule has 3 rings (SSSR count). The summed E-state index contributed by atoms with van der Waals surface area (Å²) in [5, 5.41) is 0. The maximum absolute atomic E-state index is 12.8. The van der Waals surface area contributed by atoms with Gasteiger partial charge in [0.1, 0.15) is 0 Å². The standard InChI is InChI=1S/C22H31NO2/c24-22(25-18-10-9-17-23-15-7-8-16-23)21(19-11-3-1-4-12-19)20-13-5-2-6-14-20/h1,3-5,11-13,20-21H,2,6-10,14-18H2. The first kappa shape index (κ1) is 18.2. The van der Waals surface area contributed by atoms with Crippen molar-refractivity contribution in [3.8, 4) is 0 Å². The van der Waals surface area contributed by atoms with Gasteiger partial charge in [-0.25, -0.2) is 0 Å². The maximum atomic E-state index is 12.8. The third-order valence-electron chi connectivity index (χ3n) is 5.44. The van der Waals surface area contributed by atoms with E-state index in [0.717, 1.165) is 44.2 Å². The molecule has 3 nitrogen and oxygen atoms in total. The quantitative estimate of drug-likeness (QED) is 0.395. The Morgan fingerprint density at radius 3 is 2.64 bits per heavy atom. The smallest absolute Gasteiger partial charge is 0.314 e. The fourth-order valence-electron chi connectivity index (χ4n) is 4.04. The zero-order valence-electron chi connectivity index (χ0n) is 15.2. The molecule has 0 N–H and O–H groups in total. The van der Waals surface area contributed by atoms with E-state index in [1.807, 2.05) is 18.2 Å². The highest BCUT2D eigenvalue weighted by atomic mass is 16.5. The number of likely N-dealkylation sites (tertiary alicyclic amines) is 1. The summed E-state index contributed by atoms with van der Waals surface area (Å²) in [4.78, 5) is 15.3. The van der Waals surface area contributed by atoms with E-state index in [2.05, 4.69) is 29.2 Å². The van der Waals surface area contributed by atoms with E-state index in [-0.39, 0.29) is 17.8 Å². The largest absolute Gasteiger partial charge is 0.465 e. The number of unbranched alkanes of at least 4 members (excludes halogenated alkanes) is 1. The minimum atomic E-state index is -0.156. The van der Waals surface area contributed by atoms with Gasteiger partial charge in [-0.2, -0.15) is 0 Å². The lowest BCUT2D eigenvalue weighted by molar-refractivity contribution is -0.146. The van der Waals surface area contributed by atoms with Gasteiger partial charge in [-0.15, -0.1) is 0 Å². The van der Waals surface area contributed by atoms with Gasteiger partial charge in [0, 0.05) is 0 Å². The zero-order chi connectivity index (χ0) is 17.3. The first-order valence-corrected chi connectivity index (χ1v) is 9.95. The molecule has 1 fully saturated rings. The molecule has 2 aliphatic rings. The molecular weight excluding hydrogens is 310 g/mol. The van der Waals surface area contributed by atoms with E-state index in [1.165, 1.54) is 25.9 Å². The van der Waals surface area contributed by atoms with Crippen molar-refractivity contribution >= 4 is 5.97 Å². The summed E-state index contributed by atoms with van der Waals surface area (Å²) >= 11 is 0. The van der Waals surface area contributed by atoms with Crippen molar-refractivity contribution in [2.75, 3.05) is 26.2 Å². The molecule has 1 aliphatic heterocycles. The number of nitrogens with zero attached hydrogens (tertiary/aromatic N) is 1. The van der Waals surface area contributed by atoms with Gasteiger partial charge in [-0.3, -0.25) is 4.79 Å². The van der Waals surface area contributed by atoms with Gasteiger partial charge in [0.25, 0.3) is 0 Å². The molecule has 0 spiro atoms. The van der Waals surface area contributed by atoms with Crippen molar-refractivity contribution in [2.45, 2.75) is 50.9 Å². The molecule has 3 heteroatoms. The van der Waals surface area contributed by atoms with Crippen LogP contribution in [0.25, 0.3) is 0 Å². The van der Waals surface area contributed by atoms with Crippen molar-refractivity contribution in [1.29, 1.82) is 0 Å². The Kier molecular flexibility index (Phi) is 7.10. The average Bonchev–Trinajstić information content (AvgIpc) is 3.17. The van der Waals surface area contributed by atoms with E-state index in [0.29, 0.717) is 6.61 Å². The molecule has 1 aliphatic carbocycles. The van der Waals surface area contributed by atoms with Crippen LogP contribution in [0, 0.1) is 5.92 Å². The first-order valence-electron chi connectivity index (χ1n) is 9.95. The van der Waals surface area contributed by atoms with Crippen LogP contribution >= 0.6 is 0 Å². The molecule has 0 aromatic heterocycles. The second-order valence-corrected chi connectivity index (χ2v) is 7.33. The van der Waals surface area contributed by atoms with Crippen LogP contribution in [-0.2, 0) is 9.53 Å². The van der Waals surface area contributed by atoms with E-state index >= 15 is 0 Å². The number of carbonyl (C=O) groups excluding carboxylic acids is 1. The minimum absolute atomic E-state index is 0.0519. The van der Waals surface area contributed by atoms with Gasteiger partial charge in [0.05, 0.1) is 12.5 Å². The summed E-state index contributed by atoms with van der Waals surface area (Å²) < 4.78 is 5.69. The molecule has 1 aromatic carbocycles. The van der Waals surface area contributed by atoms with Crippen molar-refractivity contribution in [3.05, 3.63) is 48.0 Å². The van der Waals surface area contributed by atoms with E-state index in [1.54, 1.807) is 0 Å². The number of benzene rings is 1. The lowest BCUT2D eigenvalue weighted by atomic mass is 9.80. The van der Waals surface area contributed by atoms with Crippen LogP contribution in [0.5, 0.6) is 0 Å². The van der Waals surface area contributed by atoms with Crippen molar-refractivity contribution < 1.29 is 9.53 Å². The molecular formula is C22H31NO2. The van der Waals surface area contributed by atoms with Crippen LogP contribution in [0.2, 0.25) is 0 Å². The fraction of sp³-hybridized carbons (Fsp3) is 0.591. The third-order valence-corrected chi connectivity index (χ3v) is 5.44. The molecule has 1 aromatic rings. The van der Waals surface area contributed by atoms with E-state index in [9.17, 15) is 4.79 Å². The number of hydrogen-bond acceptors (Lipinski definition) is 3. The van der Waals surface area contributed by atoms with Gasteiger partial charge < -0.3 is 9.64 Å². The summed E-state index contributed by atoms with van der Waals surface area (Å²) in [5.41, 5.74) is 1.08. The van der Waals surface area contributed by atoms with Crippen LogP contribution in [-0.4, -0.2) is 37.1 Å². The normalized spacial score (nSPS) is 22.0. The van der Waals surface area contributed by atoms with Crippen LogP contribution in [0.1, 0.15) is 56.4 Å². The zero-order valence-corrected chi connectivity index (χ0v) is 15.2. The fourth-order valence-corrected chi connectivity index (χ4v) is 4.04. The summed E-state index contributed by atoms with van der Waals surface area (Å²) in [7, 11) is 0. The van der Waals surface area contributed by atoms with Crippen LogP contribution < -0.4 is 0 Å². The highest BCUT2D eigenvalue weighted by molar-refractivity contribution is 5.79. The summed E-state index contributed by atoms with van der Waals surface area (Å²) in [6.07, 6.45) is 12.5. The monoisotopic (exact) mass is 341 g/mol. The molecule has 25 heavy (non-hydrogen) atoms. The molecule has 1 saturated heterocycles. The molecule has 0 radical (unpaired) electrons. The van der Waals surface area contributed by atoms with Crippen molar-refractivity contribution in [3.63, 3.8) is 0 Å². The van der Waals surface area contributed by atoms with Gasteiger partial charge in [-0.05, 0) is 76.1 Å². The van der Waals surface area contributed by atoms with E-state index < -0.39 is 0 Å². The summed E-state index contributed by atoms with van der Waals surface area (Å²) in [6.45, 7) is 4.17. The molecule has 2 unspecified atom stereocenters. The molecule has 2 atom stereocenters. The molecule has 136 valence electrons. The Morgan fingerprint density at radius 2 is 1.92 bits per heavy atom. The number of esters is 1. The topological polar surface area (TPSA) is 29.5 Å². The molecule has 0 saturated carbocycles. The minimum Gasteiger partial charge on any atom is -0.465 e. The lowest BCUT2D eigenvalue weighted by Gasteiger charge is -2.26. The Bertz CT molecular complexity index is 548. The van der Waals surface area contributed by atoms with Gasteiger partial charge in [-0.1, -0.05) is 42.5 Å². The predicted molar refractivity (Wildman–Crippen MR) is 102 cm³/mol. The predicted octanol–water partition coefficient (Wildman–Crippen LogP) is 4.55. The maximum Gasteiger partial charge on any atom is 0.314 e. The molecule has 0 bridgehead atoms. The Hall–Kier alpha value is -1.61. The number of allylic oxidation sites excluding steroid dienone is 2. The second kappa shape index (κ2) is 9.76. The molecule has 1 heterocycles.